The predicted octanol–water partition coefficient (Wildman–Crippen LogP) is 2.62. The number of hydrogen-bond acceptors (Lipinski definition) is 2. The van der Waals surface area contributed by atoms with E-state index in [1.807, 2.05) is 37.4 Å². The fraction of sp³-hybridized carbons (Fsp3) is 0.533. The third-order valence-electron chi connectivity index (χ3n) is 3.15. The van der Waals surface area contributed by atoms with Gasteiger partial charge in [0.1, 0.15) is 5.41 Å². The Balaban J connectivity index is 2.92. The molecule has 18 heavy (non-hydrogen) atoms. The zero-order valence-electron chi connectivity index (χ0n) is 11.7. The summed E-state index contributed by atoms with van der Waals surface area (Å²) in [7, 11) is 1.98. The molecule has 0 aliphatic rings. The monoisotopic (exact) mass is 249 g/mol. The number of carbonyl (C=O) groups is 1. The van der Waals surface area contributed by atoms with Crippen molar-refractivity contribution in [3.8, 4) is 0 Å². The standard InChI is InChI=1S/C15H23NO2/c1-12(2)10-16(4)11-15(3,14(17)18)13-8-6-5-7-9-13/h5-9,12H,10-11H2,1-4H3,(H,17,18). The van der Waals surface area contributed by atoms with Crippen molar-refractivity contribution in [2.75, 3.05) is 20.1 Å². The van der Waals surface area contributed by atoms with E-state index in [1.165, 1.54) is 0 Å². The van der Waals surface area contributed by atoms with E-state index in [4.69, 9.17) is 0 Å². The molecule has 1 N–H and O–H groups in total. The second-order valence-electron chi connectivity index (χ2n) is 5.59. The van der Waals surface area contributed by atoms with Gasteiger partial charge >= 0.3 is 5.97 Å². The summed E-state index contributed by atoms with van der Waals surface area (Å²) < 4.78 is 0. The number of benzene rings is 1. The van der Waals surface area contributed by atoms with Crippen molar-refractivity contribution in [3.63, 3.8) is 0 Å². The molecule has 0 saturated heterocycles. The summed E-state index contributed by atoms with van der Waals surface area (Å²) >= 11 is 0. The van der Waals surface area contributed by atoms with Gasteiger partial charge in [0.05, 0.1) is 0 Å². The Morgan fingerprint density at radius 3 is 2.33 bits per heavy atom. The summed E-state index contributed by atoms with van der Waals surface area (Å²) in [4.78, 5) is 13.7. The largest absolute Gasteiger partial charge is 0.481 e. The van der Waals surface area contributed by atoms with Gasteiger partial charge in [-0.05, 0) is 25.5 Å². The summed E-state index contributed by atoms with van der Waals surface area (Å²) in [6, 6.07) is 9.45. The Labute approximate surface area is 109 Å². The summed E-state index contributed by atoms with van der Waals surface area (Å²) in [5, 5.41) is 9.54. The number of likely N-dealkylation sites (N-methyl/N-ethyl adjacent to an activating group) is 1. The molecule has 1 aromatic rings. The second-order valence-corrected chi connectivity index (χ2v) is 5.59. The van der Waals surface area contributed by atoms with Crippen LogP contribution in [0, 0.1) is 5.92 Å². The maximum atomic E-state index is 11.6. The minimum Gasteiger partial charge on any atom is -0.481 e. The van der Waals surface area contributed by atoms with Gasteiger partial charge in [-0.1, -0.05) is 44.2 Å². The smallest absolute Gasteiger partial charge is 0.315 e. The zero-order chi connectivity index (χ0) is 13.8. The van der Waals surface area contributed by atoms with Gasteiger partial charge in [-0.25, -0.2) is 0 Å². The Bertz CT molecular complexity index is 389. The molecule has 1 atom stereocenters. The van der Waals surface area contributed by atoms with Gasteiger partial charge in [0.15, 0.2) is 0 Å². The molecule has 0 amide bonds. The number of carboxylic acids is 1. The highest BCUT2D eigenvalue weighted by atomic mass is 16.4. The van der Waals surface area contributed by atoms with E-state index in [0.717, 1.165) is 12.1 Å². The maximum absolute atomic E-state index is 11.6. The molecule has 0 aromatic heterocycles. The van der Waals surface area contributed by atoms with E-state index in [0.29, 0.717) is 12.5 Å². The Hall–Kier alpha value is -1.35. The van der Waals surface area contributed by atoms with Gasteiger partial charge in [-0.15, -0.1) is 0 Å². The fourth-order valence-corrected chi connectivity index (χ4v) is 2.32. The van der Waals surface area contributed by atoms with Crippen LogP contribution in [0.3, 0.4) is 0 Å². The number of carboxylic acid groups (broad SMARTS) is 1. The lowest BCUT2D eigenvalue weighted by molar-refractivity contribution is -0.144. The zero-order valence-corrected chi connectivity index (χ0v) is 11.7. The van der Waals surface area contributed by atoms with Crippen LogP contribution in [0.1, 0.15) is 26.3 Å². The second kappa shape index (κ2) is 6.01. The van der Waals surface area contributed by atoms with Crippen LogP contribution in [0.25, 0.3) is 0 Å². The fourth-order valence-electron chi connectivity index (χ4n) is 2.32. The number of nitrogens with zero attached hydrogens (tertiary/aromatic N) is 1. The minimum atomic E-state index is -0.856. The molecule has 1 unspecified atom stereocenters. The van der Waals surface area contributed by atoms with E-state index in [2.05, 4.69) is 18.7 Å². The Kier molecular flexibility index (Phi) is 4.91. The molecular weight excluding hydrogens is 226 g/mol. The summed E-state index contributed by atoms with van der Waals surface area (Å²) in [5.41, 5.74) is -0.00152. The van der Waals surface area contributed by atoms with Gasteiger partial charge in [0.2, 0.25) is 0 Å². The Morgan fingerprint density at radius 1 is 1.33 bits per heavy atom. The molecule has 1 rings (SSSR count). The van der Waals surface area contributed by atoms with Crippen LogP contribution in [0.5, 0.6) is 0 Å². The predicted molar refractivity (Wildman–Crippen MR) is 73.8 cm³/mol. The molecule has 1 aromatic carbocycles. The summed E-state index contributed by atoms with van der Waals surface area (Å²) in [6.07, 6.45) is 0. The van der Waals surface area contributed by atoms with Crippen LogP contribution in [-0.4, -0.2) is 36.1 Å². The van der Waals surface area contributed by atoms with Crippen molar-refractivity contribution in [2.45, 2.75) is 26.2 Å². The number of rotatable bonds is 6. The van der Waals surface area contributed by atoms with E-state index >= 15 is 0 Å². The van der Waals surface area contributed by atoms with E-state index in [9.17, 15) is 9.90 Å². The molecule has 0 saturated carbocycles. The third-order valence-corrected chi connectivity index (χ3v) is 3.15. The SMILES string of the molecule is CC(C)CN(C)CC(C)(C(=O)O)c1ccccc1. The van der Waals surface area contributed by atoms with Gasteiger partial charge in [0, 0.05) is 13.1 Å². The first-order chi connectivity index (χ1) is 8.36. The van der Waals surface area contributed by atoms with E-state index in [1.54, 1.807) is 6.92 Å². The number of hydrogen-bond donors (Lipinski definition) is 1. The molecule has 3 heteroatoms. The van der Waals surface area contributed by atoms with Crippen molar-refractivity contribution in [1.82, 2.24) is 4.90 Å². The highest BCUT2D eigenvalue weighted by Crippen LogP contribution is 2.25. The first-order valence-electron chi connectivity index (χ1n) is 6.33. The van der Waals surface area contributed by atoms with Crippen LogP contribution in [0.4, 0.5) is 0 Å². The molecule has 0 radical (unpaired) electrons. The van der Waals surface area contributed by atoms with Crippen molar-refractivity contribution < 1.29 is 9.90 Å². The first-order valence-corrected chi connectivity index (χ1v) is 6.33. The molecule has 0 aliphatic carbocycles. The average molecular weight is 249 g/mol. The van der Waals surface area contributed by atoms with E-state index < -0.39 is 11.4 Å². The van der Waals surface area contributed by atoms with Crippen molar-refractivity contribution in [2.24, 2.45) is 5.92 Å². The molecule has 0 spiro atoms. The molecule has 0 fully saturated rings. The number of aliphatic carboxylic acids is 1. The molecule has 0 heterocycles. The highest BCUT2D eigenvalue weighted by molar-refractivity contribution is 5.81. The third kappa shape index (κ3) is 3.57. The van der Waals surface area contributed by atoms with E-state index in [-0.39, 0.29) is 0 Å². The lowest BCUT2D eigenvalue weighted by Gasteiger charge is -2.31. The molecule has 0 bridgehead atoms. The van der Waals surface area contributed by atoms with Crippen molar-refractivity contribution in [1.29, 1.82) is 0 Å². The van der Waals surface area contributed by atoms with Gasteiger partial charge in [0.25, 0.3) is 0 Å². The molecular formula is C15H23NO2. The Morgan fingerprint density at radius 2 is 1.89 bits per heavy atom. The average Bonchev–Trinajstić information content (AvgIpc) is 2.28. The minimum absolute atomic E-state index is 0.518. The first kappa shape index (κ1) is 14.7. The van der Waals surface area contributed by atoms with Crippen LogP contribution < -0.4 is 0 Å². The topological polar surface area (TPSA) is 40.5 Å². The molecule has 100 valence electrons. The van der Waals surface area contributed by atoms with Gasteiger partial charge in [-0.2, -0.15) is 0 Å². The quantitative estimate of drug-likeness (QED) is 0.842. The highest BCUT2D eigenvalue weighted by Gasteiger charge is 2.36. The summed E-state index contributed by atoms with van der Waals surface area (Å²) in [6.45, 7) is 7.48. The molecule has 3 nitrogen and oxygen atoms in total. The lowest BCUT2D eigenvalue weighted by atomic mass is 9.82. The molecule has 0 aliphatic heterocycles. The van der Waals surface area contributed by atoms with Crippen LogP contribution in [-0.2, 0) is 10.2 Å². The van der Waals surface area contributed by atoms with Crippen LogP contribution in [0.2, 0.25) is 0 Å². The summed E-state index contributed by atoms with van der Waals surface area (Å²) in [5.74, 6) is -0.242. The normalized spacial score (nSPS) is 14.8. The maximum Gasteiger partial charge on any atom is 0.315 e. The van der Waals surface area contributed by atoms with Crippen LogP contribution in [0.15, 0.2) is 30.3 Å². The van der Waals surface area contributed by atoms with Gasteiger partial charge in [-0.3, -0.25) is 4.79 Å². The van der Waals surface area contributed by atoms with Crippen molar-refractivity contribution in [3.05, 3.63) is 35.9 Å². The van der Waals surface area contributed by atoms with Crippen LogP contribution >= 0.6 is 0 Å². The van der Waals surface area contributed by atoms with Gasteiger partial charge < -0.3 is 10.0 Å². The van der Waals surface area contributed by atoms with Crippen molar-refractivity contribution >= 4 is 5.97 Å². The lowest BCUT2D eigenvalue weighted by Crippen LogP contribution is -2.44.